The van der Waals surface area contributed by atoms with Crippen molar-refractivity contribution in [2.45, 2.75) is 0 Å². The Labute approximate surface area is 173 Å². The number of nitrogens with zero attached hydrogens (tertiary/aromatic N) is 3. The van der Waals surface area contributed by atoms with E-state index in [1.165, 1.54) is 5.69 Å². The van der Waals surface area contributed by atoms with Gasteiger partial charge >= 0.3 is 0 Å². The summed E-state index contributed by atoms with van der Waals surface area (Å²) < 4.78 is 5.42. The molecule has 7 nitrogen and oxygen atoms in total. The summed E-state index contributed by atoms with van der Waals surface area (Å²) in [6, 6.07) is 19.3. The highest BCUT2D eigenvalue weighted by Crippen LogP contribution is 2.25. The number of aromatic amines is 1. The van der Waals surface area contributed by atoms with E-state index in [2.05, 4.69) is 37.3 Å². The van der Waals surface area contributed by atoms with Crippen LogP contribution in [-0.2, 0) is 4.74 Å². The summed E-state index contributed by atoms with van der Waals surface area (Å²) in [4.78, 5) is 27.3. The summed E-state index contributed by atoms with van der Waals surface area (Å²) >= 11 is 0. The second-order valence-corrected chi connectivity index (χ2v) is 7.11. The van der Waals surface area contributed by atoms with E-state index in [1.807, 2.05) is 42.5 Å². The van der Waals surface area contributed by atoms with Gasteiger partial charge in [0, 0.05) is 36.2 Å². The minimum absolute atomic E-state index is 0.214. The number of anilines is 2. The van der Waals surface area contributed by atoms with Gasteiger partial charge in [0.25, 0.3) is 5.91 Å². The first-order chi connectivity index (χ1) is 14.8. The second-order valence-electron chi connectivity index (χ2n) is 7.11. The van der Waals surface area contributed by atoms with Gasteiger partial charge in [-0.3, -0.25) is 4.79 Å². The number of carbonyl (C=O) groups excluding carboxylic acids is 1. The molecule has 1 saturated heterocycles. The number of ether oxygens (including phenoxy) is 1. The maximum absolute atomic E-state index is 12.8. The number of aromatic nitrogens is 3. The average Bonchev–Trinajstić information content (AvgIpc) is 3.25. The summed E-state index contributed by atoms with van der Waals surface area (Å²) in [6.07, 6.45) is 1.62. The van der Waals surface area contributed by atoms with E-state index in [9.17, 15) is 4.79 Å². The number of morpholine rings is 1. The molecule has 1 amide bonds. The Morgan fingerprint density at radius 2 is 1.77 bits per heavy atom. The van der Waals surface area contributed by atoms with Gasteiger partial charge in [0.2, 0.25) is 0 Å². The highest BCUT2D eigenvalue weighted by Gasteiger charge is 2.16. The fourth-order valence-electron chi connectivity index (χ4n) is 3.60. The number of carbonyl (C=O) groups is 1. The molecule has 2 N–H and O–H groups in total. The Kier molecular flexibility index (Phi) is 4.86. The largest absolute Gasteiger partial charge is 0.378 e. The lowest BCUT2D eigenvalue weighted by Crippen LogP contribution is -2.36. The first-order valence-corrected chi connectivity index (χ1v) is 9.92. The number of rotatable bonds is 4. The third-order valence-electron chi connectivity index (χ3n) is 5.18. The highest BCUT2D eigenvalue weighted by molar-refractivity contribution is 6.11. The number of hydrogen-bond acceptors (Lipinski definition) is 5. The van der Waals surface area contributed by atoms with Gasteiger partial charge in [-0.1, -0.05) is 18.2 Å². The highest BCUT2D eigenvalue weighted by atomic mass is 16.5. The van der Waals surface area contributed by atoms with Crippen molar-refractivity contribution in [3.8, 4) is 11.4 Å². The first kappa shape index (κ1) is 18.3. The van der Waals surface area contributed by atoms with Crippen molar-refractivity contribution in [2.24, 2.45) is 0 Å². The van der Waals surface area contributed by atoms with Crippen molar-refractivity contribution in [3.05, 3.63) is 72.4 Å². The molecular weight excluding hydrogens is 378 g/mol. The Bertz CT molecular complexity index is 1170. The molecule has 0 aliphatic carbocycles. The van der Waals surface area contributed by atoms with E-state index in [0.717, 1.165) is 37.6 Å². The number of para-hydroxylation sites is 1. The van der Waals surface area contributed by atoms with E-state index in [-0.39, 0.29) is 5.91 Å². The maximum atomic E-state index is 12.8. The molecule has 0 saturated carbocycles. The van der Waals surface area contributed by atoms with E-state index in [1.54, 1.807) is 12.3 Å². The van der Waals surface area contributed by atoms with Crippen molar-refractivity contribution in [1.82, 2.24) is 15.0 Å². The Morgan fingerprint density at radius 3 is 2.53 bits per heavy atom. The zero-order chi connectivity index (χ0) is 20.3. The number of H-pyrrole nitrogens is 1. The normalized spacial score (nSPS) is 14.1. The van der Waals surface area contributed by atoms with Crippen LogP contribution in [0.25, 0.3) is 22.6 Å². The molecule has 0 radical (unpaired) electrons. The van der Waals surface area contributed by atoms with Crippen LogP contribution in [0.1, 0.15) is 10.4 Å². The van der Waals surface area contributed by atoms with Crippen molar-refractivity contribution in [3.63, 3.8) is 0 Å². The molecule has 5 rings (SSSR count). The molecule has 3 heterocycles. The predicted octanol–water partition coefficient (Wildman–Crippen LogP) is 3.71. The number of nitrogens with one attached hydrogen (secondary N) is 2. The van der Waals surface area contributed by atoms with Crippen LogP contribution >= 0.6 is 0 Å². The lowest BCUT2D eigenvalue weighted by Gasteiger charge is -2.28. The molecule has 1 fully saturated rings. The maximum Gasteiger partial charge on any atom is 0.258 e. The summed E-state index contributed by atoms with van der Waals surface area (Å²) in [5, 5.41) is 2.91. The van der Waals surface area contributed by atoms with Gasteiger partial charge in [-0.15, -0.1) is 0 Å². The third kappa shape index (κ3) is 3.62. The summed E-state index contributed by atoms with van der Waals surface area (Å²) in [6.45, 7) is 3.30. The summed E-state index contributed by atoms with van der Waals surface area (Å²) in [7, 11) is 0. The molecule has 0 spiro atoms. The number of hydrogen-bond donors (Lipinski definition) is 2. The van der Waals surface area contributed by atoms with Crippen LogP contribution in [0.4, 0.5) is 11.4 Å². The van der Waals surface area contributed by atoms with E-state index in [0.29, 0.717) is 22.6 Å². The molecule has 150 valence electrons. The minimum atomic E-state index is -0.214. The number of benzene rings is 2. The Balaban J connectivity index is 1.42. The quantitative estimate of drug-likeness (QED) is 0.547. The fourth-order valence-corrected chi connectivity index (χ4v) is 3.60. The third-order valence-corrected chi connectivity index (χ3v) is 5.18. The number of imidazole rings is 1. The predicted molar refractivity (Wildman–Crippen MR) is 117 cm³/mol. The van der Waals surface area contributed by atoms with Crippen molar-refractivity contribution in [2.75, 3.05) is 36.5 Å². The second kappa shape index (κ2) is 7.96. The lowest BCUT2D eigenvalue weighted by molar-refractivity contribution is 0.102. The molecule has 0 unspecified atom stereocenters. The van der Waals surface area contributed by atoms with Crippen LogP contribution in [0.5, 0.6) is 0 Å². The molecule has 1 aliphatic heterocycles. The smallest absolute Gasteiger partial charge is 0.258 e. The molecule has 30 heavy (non-hydrogen) atoms. The van der Waals surface area contributed by atoms with Crippen LogP contribution in [0.15, 0.2) is 66.9 Å². The topological polar surface area (TPSA) is 83.1 Å². The van der Waals surface area contributed by atoms with Crippen molar-refractivity contribution in [1.29, 1.82) is 0 Å². The zero-order valence-corrected chi connectivity index (χ0v) is 16.3. The summed E-state index contributed by atoms with van der Waals surface area (Å²) in [5.41, 5.74) is 4.47. The van der Waals surface area contributed by atoms with Gasteiger partial charge in [-0.2, -0.15) is 0 Å². The number of fused-ring (bicyclic) bond motifs is 1. The Hall–Kier alpha value is -3.71. The minimum Gasteiger partial charge on any atom is -0.378 e. The van der Waals surface area contributed by atoms with Crippen molar-refractivity contribution >= 4 is 28.4 Å². The fraction of sp³-hybridized carbons (Fsp3) is 0.174. The van der Waals surface area contributed by atoms with E-state index < -0.39 is 0 Å². The van der Waals surface area contributed by atoms with Gasteiger partial charge in [0.05, 0.1) is 18.8 Å². The molecular formula is C23H21N5O2. The van der Waals surface area contributed by atoms with Crippen LogP contribution in [0, 0.1) is 0 Å². The lowest BCUT2D eigenvalue weighted by atomic mass is 10.2. The van der Waals surface area contributed by atoms with Gasteiger partial charge in [-0.05, 0) is 42.5 Å². The molecule has 0 atom stereocenters. The Morgan fingerprint density at radius 1 is 1.00 bits per heavy atom. The number of pyridine rings is 1. The van der Waals surface area contributed by atoms with Crippen LogP contribution < -0.4 is 10.2 Å². The standard InChI is InChI=1S/C23H21N5O2/c29-23(25-17-4-2-1-3-5-17)19-10-11-24-22-20(19)26-21(27-22)16-6-8-18(9-7-16)28-12-14-30-15-13-28/h1-11H,12-15H2,(H,25,29)(H,24,26,27). The van der Waals surface area contributed by atoms with Gasteiger partial charge < -0.3 is 19.9 Å². The van der Waals surface area contributed by atoms with Crippen LogP contribution in [0.2, 0.25) is 0 Å². The van der Waals surface area contributed by atoms with Crippen molar-refractivity contribution < 1.29 is 9.53 Å². The summed E-state index contributed by atoms with van der Waals surface area (Å²) in [5.74, 6) is 0.473. The number of amides is 1. The molecule has 0 bridgehead atoms. The van der Waals surface area contributed by atoms with Gasteiger partial charge in [0.1, 0.15) is 11.3 Å². The molecule has 2 aromatic carbocycles. The monoisotopic (exact) mass is 399 g/mol. The zero-order valence-electron chi connectivity index (χ0n) is 16.3. The average molecular weight is 399 g/mol. The van der Waals surface area contributed by atoms with E-state index in [4.69, 9.17) is 4.74 Å². The molecule has 1 aliphatic rings. The molecule has 4 aromatic rings. The SMILES string of the molecule is O=C(Nc1ccccc1)c1ccnc2[nH]c(-c3ccc(N4CCOCC4)cc3)nc12. The molecule has 7 heteroatoms. The van der Waals surface area contributed by atoms with Gasteiger partial charge in [-0.25, -0.2) is 9.97 Å². The van der Waals surface area contributed by atoms with Crippen LogP contribution in [0.3, 0.4) is 0 Å². The molecule has 2 aromatic heterocycles. The van der Waals surface area contributed by atoms with Crippen LogP contribution in [-0.4, -0.2) is 47.2 Å². The first-order valence-electron chi connectivity index (χ1n) is 9.92. The van der Waals surface area contributed by atoms with E-state index >= 15 is 0 Å². The van der Waals surface area contributed by atoms with Gasteiger partial charge in [0.15, 0.2) is 5.65 Å².